The third kappa shape index (κ3) is 4.49. The summed E-state index contributed by atoms with van der Waals surface area (Å²) in [5.41, 5.74) is 4.94. The van der Waals surface area contributed by atoms with Crippen molar-refractivity contribution in [3.05, 3.63) is 40.6 Å². The second-order valence-electron chi connectivity index (χ2n) is 6.60. The SMILES string of the molecule is CC(C)NC(=O)CSc1nonc1C(=NC1CCc2ccc(C#N)cc21)NO. The Bertz CT molecular complexity index is 934. The van der Waals surface area contributed by atoms with Crippen LogP contribution in [0.3, 0.4) is 0 Å². The van der Waals surface area contributed by atoms with Crippen molar-refractivity contribution in [2.75, 3.05) is 5.75 Å². The number of benzene rings is 1. The highest BCUT2D eigenvalue weighted by molar-refractivity contribution is 8.00. The number of aromatic nitrogens is 2. The minimum Gasteiger partial charge on any atom is -0.353 e. The molecule has 2 aromatic rings. The zero-order chi connectivity index (χ0) is 20.1. The van der Waals surface area contributed by atoms with Gasteiger partial charge in [0.05, 0.1) is 23.4 Å². The van der Waals surface area contributed by atoms with Gasteiger partial charge in [0, 0.05) is 6.04 Å². The number of carbonyl (C=O) groups excluding carboxylic acids is 1. The number of aliphatic imine (C=N–C) groups is 1. The van der Waals surface area contributed by atoms with Crippen LogP contribution in [-0.4, -0.2) is 39.1 Å². The Balaban J connectivity index is 1.80. The molecule has 0 aliphatic heterocycles. The van der Waals surface area contributed by atoms with E-state index in [1.807, 2.05) is 26.0 Å². The standard InChI is InChI=1S/C18H20N6O3S/c1-10(2)20-15(25)9-28-18-16(23-27-24-18)17(22-26)21-14-6-5-12-4-3-11(8-19)7-13(12)14/h3-4,7,10,14,26H,5-6,9H2,1-2H3,(H,20,25)(H,21,22). The molecule has 0 saturated carbocycles. The van der Waals surface area contributed by atoms with Crippen LogP contribution in [0.2, 0.25) is 0 Å². The van der Waals surface area contributed by atoms with Crippen LogP contribution >= 0.6 is 11.8 Å². The highest BCUT2D eigenvalue weighted by Gasteiger charge is 2.25. The molecule has 146 valence electrons. The lowest BCUT2D eigenvalue weighted by atomic mass is 10.1. The van der Waals surface area contributed by atoms with Gasteiger partial charge in [-0.2, -0.15) is 5.26 Å². The van der Waals surface area contributed by atoms with Gasteiger partial charge in [0.2, 0.25) is 5.91 Å². The van der Waals surface area contributed by atoms with Crippen molar-refractivity contribution < 1.29 is 14.6 Å². The molecule has 0 spiro atoms. The van der Waals surface area contributed by atoms with E-state index >= 15 is 0 Å². The van der Waals surface area contributed by atoms with Gasteiger partial charge in [0.15, 0.2) is 16.6 Å². The number of fused-ring (bicyclic) bond motifs is 1. The maximum atomic E-state index is 11.8. The molecule has 9 nitrogen and oxygen atoms in total. The van der Waals surface area contributed by atoms with Gasteiger partial charge in [-0.3, -0.25) is 20.5 Å². The summed E-state index contributed by atoms with van der Waals surface area (Å²) >= 11 is 1.14. The lowest BCUT2D eigenvalue weighted by molar-refractivity contribution is -0.119. The van der Waals surface area contributed by atoms with Gasteiger partial charge in [0.1, 0.15) is 0 Å². The molecule has 1 aromatic carbocycles. The molecule has 28 heavy (non-hydrogen) atoms. The molecule has 1 aliphatic carbocycles. The Morgan fingerprint density at radius 2 is 2.32 bits per heavy atom. The molecule has 0 bridgehead atoms. The van der Waals surface area contributed by atoms with Gasteiger partial charge in [-0.05, 0) is 60.3 Å². The summed E-state index contributed by atoms with van der Waals surface area (Å²) in [5.74, 6) is 0.0991. The predicted molar refractivity (Wildman–Crippen MR) is 102 cm³/mol. The third-order valence-corrected chi connectivity index (χ3v) is 5.13. The fourth-order valence-corrected chi connectivity index (χ4v) is 3.71. The summed E-state index contributed by atoms with van der Waals surface area (Å²) in [6.45, 7) is 3.76. The number of aryl methyl sites for hydroxylation is 1. The van der Waals surface area contributed by atoms with Gasteiger partial charge in [-0.1, -0.05) is 17.8 Å². The van der Waals surface area contributed by atoms with Crippen molar-refractivity contribution in [3.63, 3.8) is 0 Å². The Morgan fingerprint density at radius 1 is 1.50 bits per heavy atom. The minimum absolute atomic E-state index is 0.0416. The number of hydrogen-bond acceptors (Lipinski definition) is 8. The second kappa shape index (κ2) is 8.86. The molecule has 1 unspecified atom stereocenters. The second-order valence-corrected chi connectivity index (χ2v) is 7.56. The normalized spacial score (nSPS) is 16.0. The third-order valence-electron chi connectivity index (χ3n) is 4.18. The van der Waals surface area contributed by atoms with E-state index in [2.05, 4.69) is 32.2 Å². The number of amides is 1. The monoisotopic (exact) mass is 400 g/mol. The number of amidine groups is 1. The van der Waals surface area contributed by atoms with Crippen LogP contribution in [0.25, 0.3) is 0 Å². The number of thioether (sulfide) groups is 1. The molecule has 0 saturated heterocycles. The Labute approximate surface area is 166 Å². The van der Waals surface area contributed by atoms with Crippen molar-refractivity contribution >= 4 is 23.5 Å². The van der Waals surface area contributed by atoms with Crippen molar-refractivity contribution in [3.8, 4) is 6.07 Å². The van der Waals surface area contributed by atoms with Crippen LogP contribution in [0.4, 0.5) is 0 Å². The minimum atomic E-state index is -0.225. The first-order chi connectivity index (χ1) is 13.5. The first-order valence-electron chi connectivity index (χ1n) is 8.77. The van der Waals surface area contributed by atoms with Gasteiger partial charge < -0.3 is 5.32 Å². The lowest BCUT2D eigenvalue weighted by Gasteiger charge is -2.10. The molecule has 0 fully saturated rings. The molecule has 1 heterocycles. The van der Waals surface area contributed by atoms with E-state index in [1.54, 1.807) is 6.07 Å². The number of hydroxylamine groups is 1. The largest absolute Gasteiger partial charge is 0.353 e. The molecule has 3 rings (SSSR count). The van der Waals surface area contributed by atoms with E-state index in [0.717, 1.165) is 35.7 Å². The smallest absolute Gasteiger partial charge is 0.230 e. The molecular weight excluding hydrogens is 380 g/mol. The molecule has 3 N–H and O–H groups in total. The molecule has 1 atom stereocenters. The number of carbonyl (C=O) groups is 1. The Hall–Kier alpha value is -2.90. The fourth-order valence-electron chi connectivity index (χ4n) is 3.00. The van der Waals surface area contributed by atoms with Crippen LogP contribution in [-0.2, 0) is 11.2 Å². The summed E-state index contributed by atoms with van der Waals surface area (Å²) in [4.78, 5) is 16.4. The van der Waals surface area contributed by atoms with Crippen molar-refractivity contribution in [1.82, 2.24) is 21.1 Å². The summed E-state index contributed by atoms with van der Waals surface area (Å²) < 4.78 is 4.78. The van der Waals surface area contributed by atoms with Crippen LogP contribution in [0.15, 0.2) is 32.8 Å². The summed E-state index contributed by atoms with van der Waals surface area (Å²) in [5, 5.41) is 29.5. The zero-order valence-corrected chi connectivity index (χ0v) is 16.3. The van der Waals surface area contributed by atoms with Crippen molar-refractivity contribution in [1.29, 1.82) is 5.26 Å². The number of nitrogens with one attached hydrogen (secondary N) is 2. The summed E-state index contributed by atoms with van der Waals surface area (Å²) in [6, 6.07) is 7.48. The average Bonchev–Trinajstić information content (AvgIpc) is 3.30. The Morgan fingerprint density at radius 3 is 3.04 bits per heavy atom. The topological polar surface area (TPSA) is 136 Å². The molecule has 1 aliphatic rings. The predicted octanol–water partition coefficient (Wildman–Crippen LogP) is 1.97. The van der Waals surface area contributed by atoms with E-state index in [4.69, 9.17) is 9.89 Å². The fraction of sp³-hybridized carbons (Fsp3) is 0.389. The highest BCUT2D eigenvalue weighted by atomic mass is 32.2. The molecular formula is C18H20N6O3S. The van der Waals surface area contributed by atoms with Gasteiger partial charge in [0.25, 0.3) is 0 Å². The summed E-state index contributed by atoms with van der Waals surface area (Å²) in [7, 11) is 0. The highest BCUT2D eigenvalue weighted by Crippen LogP contribution is 2.35. The van der Waals surface area contributed by atoms with Crippen LogP contribution in [0.1, 0.15) is 48.7 Å². The van der Waals surface area contributed by atoms with E-state index in [1.165, 1.54) is 0 Å². The number of hydrogen-bond donors (Lipinski definition) is 3. The first kappa shape index (κ1) is 19.9. The van der Waals surface area contributed by atoms with Crippen molar-refractivity contribution in [2.24, 2.45) is 4.99 Å². The zero-order valence-electron chi connectivity index (χ0n) is 15.5. The molecule has 1 aromatic heterocycles. The first-order valence-corrected chi connectivity index (χ1v) is 9.76. The number of nitrogens with zero attached hydrogens (tertiary/aromatic N) is 4. The quantitative estimate of drug-likeness (QED) is 0.290. The summed E-state index contributed by atoms with van der Waals surface area (Å²) in [6.07, 6.45) is 1.59. The molecule has 10 heteroatoms. The van der Waals surface area contributed by atoms with Crippen LogP contribution in [0.5, 0.6) is 0 Å². The maximum Gasteiger partial charge on any atom is 0.230 e. The molecule has 1 amide bonds. The van der Waals surface area contributed by atoms with Crippen LogP contribution < -0.4 is 10.8 Å². The Kier molecular flexibility index (Phi) is 6.28. The van der Waals surface area contributed by atoms with Crippen molar-refractivity contribution in [2.45, 2.75) is 43.8 Å². The van der Waals surface area contributed by atoms with E-state index in [9.17, 15) is 10.0 Å². The van der Waals surface area contributed by atoms with Gasteiger partial charge in [-0.25, -0.2) is 4.63 Å². The lowest BCUT2D eigenvalue weighted by Crippen LogP contribution is -2.31. The number of nitriles is 1. The van der Waals surface area contributed by atoms with Gasteiger partial charge in [-0.15, -0.1) is 0 Å². The van der Waals surface area contributed by atoms with E-state index in [0.29, 0.717) is 10.6 Å². The van der Waals surface area contributed by atoms with E-state index < -0.39 is 0 Å². The van der Waals surface area contributed by atoms with Crippen LogP contribution in [0, 0.1) is 11.3 Å². The maximum absolute atomic E-state index is 11.8. The van der Waals surface area contributed by atoms with E-state index in [-0.39, 0.29) is 35.3 Å². The average molecular weight is 400 g/mol. The van der Waals surface area contributed by atoms with Gasteiger partial charge >= 0.3 is 0 Å². The number of rotatable bonds is 6. The molecule has 0 radical (unpaired) electrons.